The van der Waals surface area contributed by atoms with Crippen LogP contribution in [0.1, 0.15) is 11.1 Å². The second-order valence-corrected chi connectivity index (χ2v) is 6.60. The number of rotatable bonds is 2. The second kappa shape index (κ2) is 5.63. The molecule has 7 nitrogen and oxygen atoms in total. The van der Waals surface area contributed by atoms with Crippen LogP contribution in [0.2, 0.25) is 0 Å². The number of hydrogen-bond acceptors (Lipinski definition) is 5. The first-order chi connectivity index (χ1) is 13.1. The molecule has 0 atom stereocenters. The van der Waals surface area contributed by atoms with Gasteiger partial charge in [-0.1, -0.05) is 29.8 Å². The number of aromatic hydroxyl groups is 1. The summed E-state index contributed by atoms with van der Waals surface area (Å²) in [4.78, 5) is 4.61. The molecule has 1 N–H and O–H groups in total. The molecule has 0 saturated carbocycles. The fraction of sp³-hybridized carbons (Fsp3) is 0.100. The van der Waals surface area contributed by atoms with Gasteiger partial charge in [-0.25, -0.2) is 9.67 Å². The molecule has 5 rings (SSSR count). The van der Waals surface area contributed by atoms with Crippen LogP contribution >= 0.6 is 0 Å². The third-order valence-electron chi connectivity index (χ3n) is 4.66. The van der Waals surface area contributed by atoms with E-state index >= 15 is 0 Å². The lowest BCUT2D eigenvalue weighted by Crippen LogP contribution is -2.01. The molecular formula is C20H16N6O. The SMILES string of the molecule is Cc1ccc(-n2ncc3c2ncn2c(-c4cccc(O)c4)nnc32)c(C)c1. The zero-order valence-electron chi connectivity index (χ0n) is 14.8. The number of aryl methyl sites for hydroxylation is 2. The predicted molar refractivity (Wildman–Crippen MR) is 102 cm³/mol. The molecule has 2 aromatic carbocycles. The van der Waals surface area contributed by atoms with Crippen LogP contribution in [0.3, 0.4) is 0 Å². The van der Waals surface area contributed by atoms with Crippen molar-refractivity contribution in [2.75, 3.05) is 0 Å². The summed E-state index contributed by atoms with van der Waals surface area (Å²) in [6.45, 7) is 4.13. The molecule has 5 aromatic rings. The van der Waals surface area contributed by atoms with Crippen molar-refractivity contribution in [2.24, 2.45) is 0 Å². The van der Waals surface area contributed by atoms with E-state index in [4.69, 9.17) is 0 Å². The molecule has 132 valence electrons. The number of phenolic OH excluding ortho intramolecular Hbond substituents is 1. The van der Waals surface area contributed by atoms with E-state index in [9.17, 15) is 5.11 Å². The van der Waals surface area contributed by atoms with Gasteiger partial charge in [-0.3, -0.25) is 4.40 Å². The number of phenols is 1. The van der Waals surface area contributed by atoms with Crippen LogP contribution in [-0.4, -0.2) is 34.5 Å². The van der Waals surface area contributed by atoms with E-state index in [1.54, 1.807) is 30.7 Å². The Balaban J connectivity index is 1.73. The quantitative estimate of drug-likeness (QED) is 0.524. The Labute approximate surface area is 154 Å². The third kappa shape index (κ3) is 2.36. The first-order valence-electron chi connectivity index (χ1n) is 8.56. The van der Waals surface area contributed by atoms with Gasteiger partial charge in [0, 0.05) is 5.56 Å². The van der Waals surface area contributed by atoms with Gasteiger partial charge in [0.05, 0.1) is 17.3 Å². The summed E-state index contributed by atoms with van der Waals surface area (Å²) in [5, 5.41) is 23.7. The van der Waals surface area contributed by atoms with Gasteiger partial charge >= 0.3 is 0 Å². The number of fused-ring (bicyclic) bond motifs is 3. The Hall–Kier alpha value is -3.74. The highest BCUT2D eigenvalue weighted by Gasteiger charge is 2.16. The lowest BCUT2D eigenvalue weighted by molar-refractivity contribution is 0.475. The molecule has 0 saturated heterocycles. The van der Waals surface area contributed by atoms with Gasteiger partial charge in [-0.15, -0.1) is 10.2 Å². The van der Waals surface area contributed by atoms with Gasteiger partial charge < -0.3 is 5.11 Å². The molecule has 0 amide bonds. The lowest BCUT2D eigenvalue weighted by Gasteiger charge is -2.08. The zero-order valence-corrected chi connectivity index (χ0v) is 14.8. The van der Waals surface area contributed by atoms with Crippen LogP contribution in [0.5, 0.6) is 5.75 Å². The highest BCUT2D eigenvalue weighted by atomic mass is 16.3. The Morgan fingerprint density at radius 2 is 1.85 bits per heavy atom. The predicted octanol–water partition coefficient (Wildman–Crippen LogP) is 3.45. The van der Waals surface area contributed by atoms with Crippen LogP contribution in [0.15, 0.2) is 55.0 Å². The smallest absolute Gasteiger partial charge is 0.175 e. The van der Waals surface area contributed by atoms with Crippen LogP contribution in [-0.2, 0) is 0 Å². The fourth-order valence-corrected chi connectivity index (χ4v) is 3.38. The van der Waals surface area contributed by atoms with Gasteiger partial charge in [-0.2, -0.15) is 5.10 Å². The summed E-state index contributed by atoms with van der Waals surface area (Å²) >= 11 is 0. The Morgan fingerprint density at radius 3 is 2.67 bits per heavy atom. The summed E-state index contributed by atoms with van der Waals surface area (Å²) in [5.41, 5.74) is 5.49. The molecule has 0 aliphatic rings. The minimum absolute atomic E-state index is 0.181. The monoisotopic (exact) mass is 356 g/mol. The maximum absolute atomic E-state index is 9.74. The lowest BCUT2D eigenvalue weighted by atomic mass is 10.1. The van der Waals surface area contributed by atoms with Crippen molar-refractivity contribution in [1.29, 1.82) is 0 Å². The number of aromatic nitrogens is 6. The maximum atomic E-state index is 9.74. The highest BCUT2D eigenvalue weighted by Crippen LogP contribution is 2.26. The van der Waals surface area contributed by atoms with Crippen LogP contribution < -0.4 is 0 Å². The summed E-state index contributed by atoms with van der Waals surface area (Å²) in [7, 11) is 0. The summed E-state index contributed by atoms with van der Waals surface area (Å²) in [5.74, 6) is 0.801. The third-order valence-corrected chi connectivity index (χ3v) is 4.66. The van der Waals surface area contributed by atoms with Gasteiger partial charge in [0.15, 0.2) is 17.1 Å². The van der Waals surface area contributed by atoms with Gasteiger partial charge in [0.1, 0.15) is 12.1 Å². The first kappa shape index (κ1) is 15.5. The summed E-state index contributed by atoms with van der Waals surface area (Å²) in [6, 6.07) is 13.2. The van der Waals surface area contributed by atoms with Crippen molar-refractivity contribution < 1.29 is 5.11 Å². The molecule has 0 aliphatic heterocycles. The van der Waals surface area contributed by atoms with Gasteiger partial charge in [-0.05, 0) is 37.6 Å². The molecule has 7 heteroatoms. The van der Waals surface area contributed by atoms with Crippen molar-refractivity contribution in [2.45, 2.75) is 13.8 Å². The highest BCUT2D eigenvalue weighted by molar-refractivity contribution is 5.90. The van der Waals surface area contributed by atoms with Crippen molar-refractivity contribution in [3.8, 4) is 22.8 Å². The zero-order chi connectivity index (χ0) is 18.5. The van der Waals surface area contributed by atoms with E-state index in [1.807, 2.05) is 21.2 Å². The van der Waals surface area contributed by atoms with E-state index < -0.39 is 0 Å². The second-order valence-electron chi connectivity index (χ2n) is 6.60. The summed E-state index contributed by atoms with van der Waals surface area (Å²) in [6.07, 6.45) is 3.46. The Morgan fingerprint density at radius 1 is 0.963 bits per heavy atom. The molecule has 0 unspecified atom stereocenters. The molecule has 27 heavy (non-hydrogen) atoms. The molecular weight excluding hydrogens is 340 g/mol. The van der Waals surface area contributed by atoms with Crippen molar-refractivity contribution in [3.63, 3.8) is 0 Å². The Kier molecular flexibility index (Phi) is 3.24. The van der Waals surface area contributed by atoms with Crippen molar-refractivity contribution in [1.82, 2.24) is 29.4 Å². The topological polar surface area (TPSA) is 81.1 Å². The minimum atomic E-state index is 0.181. The number of benzene rings is 2. The standard InChI is InChI=1S/C20H16N6O/c1-12-6-7-17(13(2)8-12)26-19-16(10-22-26)20-24-23-18(25(20)11-21-19)14-4-3-5-15(27)9-14/h3-11,27H,1-2H3. The van der Waals surface area contributed by atoms with Crippen LogP contribution in [0.25, 0.3) is 33.8 Å². The minimum Gasteiger partial charge on any atom is -0.508 e. The van der Waals surface area contributed by atoms with Crippen molar-refractivity contribution >= 4 is 16.7 Å². The maximum Gasteiger partial charge on any atom is 0.175 e. The van der Waals surface area contributed by atoms with Gasteiger partial charge in [0.25, 0.3) is 0 Å². The molecule has 3 heterocycles. The molecule has 0 spiro atoms. The Bertz CT molecular complexity index is 1320. The number of nitrogens with zero attached hydrogens (tertiary/aromatic N) is 6. The average molecular weight is 356 g/mol. The molecule has 0 radical (unpaired) electrons. The molecule has 3 aromatic heterocycles. The van der Waals surface area contributed by atoms with E-state index in [2.05, 4.69) is 46.3 Å². The summed E-state index contributed by atoms with van der Waals surface area (Å²) < 4.78 is 3.64. The number of hydrogen-bond donors (Lipinski definition) is 1. The van der Waals surface area contributed by atoms with E-state index in [-0.39, 0.29) is 5.75 Å². The normalized spacial score (nSPS) is 11.5. The largest absolute Gasteiger partial charge is 0.508 e. The van der Waals surface area contributed by atoms with Crippen molar-refractivity contribution in [3.05, 3.63) is 66.1 Å². The molecule has 0 aliphatic carbocycles. The van der Waals surface area contributed by atoms with E-state index in [1.165, 1.54) is 5.56 Å². The van der Waals surface area contributed by atoms with Crippen LogP contribution in [0, 0.1) is 13.8 Å². The molecule has 0 bridgehead atoms. The average Bonchev–Trinajstić information content (AvgIpc) is 3.25. The first-order valence-corrected chi connectivity index (χ1v) is 8.56. The molecule has 0 fully saturated rings. The fourth-order valence-electron chi connectivity index (χ4n) is 3.38. The van der Waals surface area contributed by atoms with Gasteiger partial charge in [0.2, 0.25) is 0 Å². The van der Waals surface area contributed by atoms with E-state index in [0.717, 1.165) is 27.8 Å². The van der Waals surface area contributed by atoms with E-state index in [0.29, 0.717) is 11.5 Å². The van der Waals surface area contributed by atoms with Crippen LogP contribution in [0.4, 0.5) is 0 Å².